The summed E-state index contributed by atoms with van der Waals surface area (Å²) in [5.41, 5.74) is 0. The van der Waals surface area contributed by atoms with Crippen LogP contribution >= 0.6 is 12.4 Å². The highest BCUT2D eigenvalue weighted by molar-refractivity contribution is 5.85. The van der Waals surface area contributed by atoms with Gasteiger partial charge in [0, 0.05) is 32.5 Å². The second kappa shape index (κ2) is 9.36. The number of halogens is 1. The van der Waals surface area contributed by atoms with Crippen LogP contribution in [0.1, 0.15) is 46.0 Å². The third-order valence-electron chi connectivity index (χ3n) is 4.82. The molecule has 6 heteroatoms. The van der Waals surface area contributed by atoms with E-state index >= 15 is 0 Å². The highest BCUT2D eigenvalue weighted by Gasteiger charge is 2.27. The summed E-state index contributed by atoms with van der Waals surface area (Å²) in [6.07, 6.45) is 5.05. The van der Waals surface area contributed by atoms with Gasteiger partial charge in [-0.25, -0.2) is 0 Å². The smallest absolute Gasteiger partial charge is 0.222 e. The maximum absolute atomic E-state index is 12.5. The number of hydrogen-bond donors (Lipinski definition) is 2. The molecule has 3 unspecified atom stereocenters. The van der Waals surface area contributed by atoms with Crippen LogP contribution in [0.25, 0.3) is 0 Å². The van der Waals surface area contributed by atoms with Crippen LogP contribution in [0, 0.1) is 11.8 Å². The van der Waals surface area contributed by atoms with Crippen LogP contribution in [0.3, 0.4) is 0 Å². The molecule has 0 aromatic rings. The fourth-order valence-corrected chi connectivity index (χ4v) is 3.54. The first-order valence-electron chi connectivity index (χ1n) is 8.32. The van der Waals surface area contributed by atoms with Crippen LogP contribution in [0.2, 0.25) is 0 Å². The summed E-state index contributed by atoms with van der Waals surface area (Å²) in [5.74, 6) is 1.31. The van der Waals surface area contributed by atoms with Gasteiger partial charge in [-0.3, -0.25) is 9.59 Å². The molecule has 0 aromatic heterocycles. The van der Waals surface area contributed by atoms with Crippen LogP contribution in [0.15, 0.2) is 0 Å². The number of carbonyl (C=O) groups excluding carboxylic acids is 2. The van der Waals surface area contributed by atoms with Gasteiger partial charge in [0.05, 0.1) is 0 Å². The minimum atomic E-state index is -0.00375. The molecule has 0 spiro atoms. The quantitative estimate of drug-likeness (QED) is 0.822. The zero-order valence-corrected chi connectivity index (χ0v) is 14.6. The minimum Gasteiger partial charge on any atom is -0.352 e. The first-order valence-corrected chi connectivity index (χ1v) is 8.32. The number of hydrogen-bond acceptors (Lipinski definition) is 3. The molecule has 128 valence electrons. The zero-order valence-electron chi connectivity index (χ0n) is 13.8. The maximum atomic E-state index is 12.5. The van der Waals surface area contributed by atoms with Crippen molar-refractivity contribution in [3.8, 4) is 0 Å². The van der Waals surface area contributed by atoms with E-state index in [9.17, 15) is 9.59 Å². The maximum Gasteiger partial charge on any atom is 0.222 e. The fourth-order valence-electron chi connectivity index (χ4n) is 3.54. The molecule has 3 atom stereocenters. The van der Waals surface area contributed by atoms with E-state index in [1.54, 1.807) is 6.92 Å². The van der Waals surface area contributed by atoms with E-state index < -0.39 is 0 Å². The summed E-state index contributed by atoms with van der Waals surface area (Å²) >= 11 is 0. The van der Waals surface area contributed by atoms with E-state index in [0.29, 0.717) is 24.8 Å². The standard InChI is InChI=1S/C16H29N3O2.ClH/c1-12(14-5-3-7-17-10-14)9-16(21)19-8-4-6-15(11-19)18-13(2)20;/h12,14-15,17H,3-11H2,1-2H3,(H,18,20);1H. The Balaban J connectivity index is 0.00000242. The molecule has 2 saturated heterocycles. The number of rotatable bonds is 4. The van der Waals surface area contributed by atoms with E-state index in [-0.39, 0.29) is 30.3 Å². The van der Waals surface area contributed by atoms with Gasteiger partial charge >= 0.3 is 0 Å². The number of nitrogens with one attached hydrogen (secondary N) is 2. The fraction of sp³-hybridized carbons (Fsp3) is 0.875. The molecule has 0 saturated carbocycles. The van der Waals surface area contributed by atoms with E-state index in [0.717, 1.165) is 32.5 Å². The average Bonchev–Trinajstić information content (AvgIpc) is 2.47. The van der Waals surface area contributed by atoms with Crippen molar-refractivity contribution >= 4 is 24.2 Å². The highest BCUT2D eigenvalue weighted by atomic mass is 35.5. The van der Waals surface area contributed by atoms with Gasteiger partial charge in [-0.2, -0.15) is 0 Å². The second-order valence-corrected chi connectivity index (χ2v) is 6.67. The van der Waals surface area contributed by atoms with Crippen LogP contribution in [-0.4, -0.2) is 48.9 Å². The summed E-state index contributed by atoms with van der Waals surface area (Å²) in [5, 5.41) is 6.37. The summed E-state index contributed by atoms with van der Waals surface area (Å²) in [7, 11) is 0. The molecule has 2 N–H and O–H groups in total. The zero-order chi connectivity index (χ0) is 15.2. The first kappa shape index (κ1) is 19.2. The van der Waals surface area contributed by atoms with Crippen molar-refractivity contribution in [2.45, 2.75) is 52.0 Å². The molecule has 5 nitrogen and oxygen atoms in total. The normalized spacial score (nSPS) is 26.7. The second-order valence-electron chi connectivity index (χ2n) is 6.67. The van der Waals surface area contributed by atoms with E-state index in [1.165, 1.54) is 12.8 Å². The molecule has 2 fully saturated rings. The predicted octanol–water partition coefficient (Wildman–Crippen LogP) is 1.56. The van der Waals surface area contributed by atoms with Crippen molar-refractivity contribution in [1.82, 2.24) is 15.5 Å². The lowest BCUT2D eigenvalue weighted by molar-refractivity contribution is -0.134. The van der Waals surface area contributed by atoms with Gasteiger partial charge in [0.1, 0.15) is 0 Å². The van der Waals surface area contributed by atoms with Crippen molar-refractivity contribution in [3.05, 3.63) is 0 Å². The molecule has 0 radical (unpaired) electrons. The van der Waals surface area contributed by atoms with Crippen LogP contribution < -0.4 is 10.6 Å². The van der Waals surface area contributed by atoms with Gasteiger partial charge in [0.2, 0.25) is 11.8 Å². The highest BCUT2D eigenvalue weighted by Crippen LogP contribution is 2.24. The molecule has 2 amide bonds. The van der Waals surface area contributed by atoms with Crippen molar-refractivity contribution in [1.29, 1.82) is 0 Å². The van der Waals surface area contributed by atoms with Gasteiger partial charge in [-0.1, -0.05) is 6.92 Å². The lowest BCUT2D eigenvalue weighted by Gasteiger charge is -2.35. The summed E-state index contributed by atoms with van der Waals surface area (Å²) in [6.45, 7) is 7.41. The lowest BCUT2D eigenvalue weighted by atomic mass is 9.85. The Kier molecular flexibility index (Phi) is 8.18. The Morgan fingerprint density at radius 2 is 2.09 bits per heavy atom. The largest absolute Gasteiger partial charge is 0.352 e. The summed E-state index contributed by atoms with van der Waals surface area (Å²) < 4.78 is 0. The number of likely N-dealkylation sites (tertiary alicyclic amines) is 1. The number of carbonyl (C=O) groups is 2. The molecule has 2 aliphatic heterocycles. The monoisotopic (exact) mass is 331 g/mol. The predicted molar refractivity (Wildman–Crippen MR) is 90.0 cm³/mol. The van der Waals surface area contributed by atoms with Gasteiger partial charge in [-0.05, 0) is 50.6 Å². The van der Waals surface area contributed by atoms with Gasteiger partial charge < -0.3 is 15.5 Å². The number of nitrogens with zero attached hydrogens (tertiary/aromatic N) is 1. The molecule has 22 heavy (non-hydrogen) atoms. The van der Waals surface area contributed by atoms with Crippen molar-refractivity contribution in [3.63, 3.8) is 0 Å². The molecule has 0 bridgehead atoms. The third-order valence-corrected chi connectivity index (χ3v) is 4.82. The topological polar surface area (TPSA) is 61.4 Å². The Bertz CT molecular complexity index is 372. The third kappa shape index (κ3) is 5.76. The number of amides is 2. The number of piperidine rings is 2. The van der Waals surface area contributed by atoms with Gasteiger partial charge in [-0.15, -0.1) is 12.4 Å². The van der Waals surface area contributed by atoms with E-state index in [2.05, 4.69) is 17.6 Å². The molecular formula is C16H30ClN3O2. The SMILES string of the molecule is CC(=O)NC1CCCN(C(=O)CC(C)C2CCCNC2)C1.Cl. The average molecular weight is 332 g/mol. The van der Waals surface area contributed by atoms with E-state index in [1.807, 2.05) is 4.90 Å². The first-order chi connectivity index (χ1) is 10.1. The van der Waals surface area contributed by atoms with Crippen molar-refractivity contribution in [2.24, 2.45) is 11.8 Å². The van der Waals surface area contributed by atoms with Crippen LogP contribution in [0.4, 0.5) is 0 Å². The molecule has 0 aromatic carbocycles. The Morgan fingerprint density at radius 1 is 1.32 bits per heavy atom. The van der Waals surface area contributed by atoms with Gasteiger partial charge in [0.15, 0.2) is 0 Å². The Morgan fingerprint density at radius 3 is 2.73 bits per heavy atom. The molecule has 2 rings (SSSR count). The van der Waals surface area contributed by atoms with Crippen molar-refractivity contribution in [2.75, 3.05) is 26.2 Å². The Hall–Kier alpha value is -0.810. The summed E-state index contributed by atoms with van der Waals surface area (Å²) in [4.78, 5) is 25.6. The molecule has 2 aliphatic rings. The van der Waals surface area contributed by atoms with Crippen molar-refractivity contribution < 1.29 is 9.59 Å². The lowest BCUT2D eigenvalue weighted by Crippen LogP contribution is -2.49. The molecule has 2 heterocycles. The van der Waals surface area contributed by atoms with Gasteiger partial charge in [0.25, 0.3) is 0 Å². The van der Waals surface area contributed by atoms with Crippen LogP contribution in [0.5, 0.6) is 0 Å². The molecular weight excluding hydrogens is 302 g/mol. The van der Waals surface area contributed by atoms with E-state index in [4.69, 9.17) is 0 Å². The molecule has 0 aliphatic carbocycles. The minimum absolute atomic E-state index is 0. The Labute approximate surface area is 140 Å². The van der Waals surface area contributed by atoms with Crippen LogP contribution in [-0.2, 0) is 9.59 Å². The summed E-state index contributed by atoms with van der Waals surface area (Å²) in [6, 6.07) is 0.131.